The first-order valence-corrected chi connectivity index (χ1v) is 9.75. The Bertz CT molecular complexity index is 1180. The molecular formula is C22H23ClN6O. The number of nitrogens with zero attached hydrogens (tertiary/aromatic N) is 4. The van der Waals surface area contributed by atoms with E-state index in [1.165, 1.54) is 0 Å². The molecule has 1 atom stereocenters. The van der Waals surface area contributed by atoms with E-state index in [9.17, 15) is 0 Å². The topological polar surface area (TPSA) is 90.9 Å². The molecule has 1 aliphatic rings. The lowest BCUT2D eigenvalue weighted by molar-refractivity contribution is 0.354. The quantitative estimate of drug-likeness (QED) is 0.510. The van der Waals surface area contributed by atoms with Gasteiger partial charge in [0.2, 0.25) is 0 Å². The Balaban J connectivity index is 0.00000231. The summed E-state index contributed by atoms with van der Waals surface area (Å²) in [6.45, 7) is 1.82. The molecule has 1 aliphatic heterocycles. The van der Waals surface area contributed by atoms with Crippen LogP contribution in [-0.4, -0.2) is 32.8 Å². The lowest BCUT2D eigenvalue weighted by Crippen LogP contribution is -2.32. The van der Waals surface area contributed by atoms with Crippen molar-refractivity contribution in [3.8, 4) is 22.8 Å². The van der Waals surface area contributed by atoms with Crippen molar-refractivity contribution in [2.45, 2.75) is 18.9 Å². The van der Waals surface area contributed by atoms with Crippen LogP contribution in [-0.2, 0) is 0 Å². The van der Waals surface area contributed by atoms with Crippen LogP contribution < -0.4 is 15.8 Å². The monoisotopic (exact) mass is 423 g/mol. The minimum atomic E-state index is -0.0944. The zero-order chi connectivity index (χ0) is 20.5. The van der Waals surface area contributed by atoms with Crippen LogP contribution in [0.4, 0.5) is 5.82 Å². The van der Waals surface area contributed by atoms with Gasteiger partial charge in [0.25, 0.3) is 0 Å². The first-order valence-electron chi connectivity index (χ1n) is 10.3. The molecule has 4 aromatic rings. The number of rotatable bonds is 4. The fourth-order valence-corrected chi connectivity index (χ4v) is 3.75. The molecule has 0 unspecified atom stereocenters. The second-order valence-corrected chi connectivity index (χ2v) is 7.14. The largest absolute Gasteiger partial charge is 0.457 e. The van der Waals surface area contributed by atoms with Crippen LogP contribution in [0.2, 0.25) is 0 Å². The van der Waals surface area contributed by atoms with Crippen molar-refractivity contribution in [1.82, 2.24) is 25.1 Å². The fraction of sp³-hybridized carbons (Fsp3) is 0.227. The van der Waals surface area contributed by atoms with Gasteiger partial charge in [-0.3, -0.25) is 0 Å². The van der Waals surface area contributed by atoms with E-state index >= 15 is 0 Å². The number of piperidine rings is 1. The zero-order valence-electron chi connectivity index (χ0n) is 17.3. The fourth-order valence-electron chi connectivity index (χ4n) is 3.75. The molecule has 0 radical (unpaired) electrons. The van der Waals surface area contributed by atoms with Crippen molar-refractivity contribution in [1.29, 1.82) is 0 Å². The molecule has 0 aliphatic carbocycles. The van der Waals surface area contributed by atoms with Gasteiger partial charge in [-0.2, -0.15) is 5.10 Å². The third kappa shape index (κ3) is 3.81. The number of para-hydroxylation sites is 1. The maximum absolute atomic E-state index is 7.90. The number of nitrogens with one attached hydrogen (secondary N) is 1. The van der Waals surface area contributed by atoms with E-state index in [0.29, 0.717) is 11.0 Å². The van der Waals surface area contributed by atoms with Crippen LogP contribution in [0.3, 0.4) is 0 Å². The Hall–Kier alpha value is -3.16. The minimum absolute atomic E-state index is 0. The van der Waals surface area contributed by atoms with E-state index in [0.717, 1.165) is 48.7 Å². The van der Waals surface area contributed by atoms with Crippen LogP contribution in [0, 0.1) is 0 Å². The van der Waals surface area contributed by atoms with E-state index in [2.05, 4.69) is 15.3 Å². The Morgan fingerprint density at radius 2 is 1.83 bits per heavy atom. The summed E-state index contributed by atoms with van der Waals surface area (Å²) in [6, 6.07) is 17.6. The van der Waals surface area contributed by atoms with Crippen LogP contribution in [0.25, 0.3) is 22.3 Å². The van der Waals surface area contributed by atoms with Crippen LogP contribution >= 0.6 is 12.4 Å². The highest BCUT2D eigenvalue weighted by Gasteiger charge is 2.23. The Kier molecular flexibility index (Phi) is 5.46. The summed E-state index contributed by atoms with van der Waals surface area (Å²) < 4.78 is 15.7. The van der Waals surface area contributed by atoms with Gasteiger partial charge in [-0.25, -0.2) is 14.6 Å². The Morgan fingerprint density at radius 3 is 2.57 bits per heavy atom. The molecule has 2 aromatic carbocycles. The summed E-state index contributed by atoms with van der Waals surface area (Å²) in [7, 11) is 0. The van der Waals surface area contributed by atoms with Crippen LogP contribution in [0.15, 0.2) is 60.9 Å². The number of nitrogen functional groups attached to an aromatic ring is 1. The van der Waals surface area contributed by atoms with E-state index in [1.807, 2.05) is 59.3 Å². The average Bonchev–Trinajstić information content (AvgIpc) is 3.15. The summed E-state index contributed by atoms with van der Waals surface area (Å²) in [5.74, 6) is 1.80. The molecule has 0 spiro atoms. The molecule has 7 nitrogen and oxygen atoms in total. The number of anilines is 1. The van der Waals surface area contributed by atoms with Gasteiger partial charge in [-0.1, -0.05) is 18.2 Å². The maximum Gasteiger partial charge on any atom is 0.164 e. The molecule has 5 rings (SSSR count). The molecule has 154 valence electrons. The summed E-state index contributed by atoms with van der Waals surface area (Å²) in [5, 5.41) is 8.97. The standard InChI is InChI=1S/C22H22N6O.ClH/c23-21-19-20(15-8-10-18(11-9-15)29-17-6-2-1-3-7-17)27-28(22(19)26-14-25-21)16-5-4-12-24-13-16;/h1-3,6-11,14,16,24H,4-5,12-13H2,(H2,23,25,26);1H/t16-;/m1./s1/i14D;. The number of halogens is 1. The summed E-state index contributed by atoms with van der Waals surface area (Å²) >= 11 is 0. The molecule has 1 fully saturated rings. The molecule has 0 amide bonds. The molecule has 0 saturated carbocycles. The highest BCUT2D eigenvalue weighted by atomic mass is 35.5. The Morgan fingerprint density at radius 1 is 1.07 bits per heavy atom. The molecule has 1 saturated heterocycles. The van der Waals surface area contributed by atoms with Gasteiger partial charge < -0.3 is 15.8 Å². The summed E-state index contributed by atoms with van der Waals surface area (Å²) in [4.78, 5) is 8.41. The first kappa shape index (κ1) is 18.8. The van der Waals surface area contributed by atoms with Gasteiger partial charge in [0.05, 0.1) is 11.4 Å². The van der Waals surface area contributed by atoms with E-state index in [4.69, 9.17) is 16.9 Å². The second kappa shape index (κ2) is 8.69. The van der Waals surface area contributed by atoms with Gasteiger partial charge in [0.15, 0.2) is 5.65 Å². The van der Waals surface area contributed by atoms with Gasteiger partial charge in [0.1, 0.15) is 30.7 Å². The van der Waals surface area contributed by atoms with Gasteiger partial charge in [-0.05, 0) is 55.8 Å². The van der Waals surface area contributed by atoms with Gasteiger partial charge in [-0.15, -0.1) is 12.4 Å². The molecule has 2 aromatic heterocycles. The number of fused-ring (bicyclic) bond motifs is 1. The normalized spacial score (nSPS) is 16.7. The number of nitrogens with two attached hydrogens (primary N) is 1. The first-order chi connectivity index (χ1) is 14.7. The van der Waals surface area contributed by atoms with E-state index < -0.39 is 0 Å². The van der Waals surface area contributed by atoms with E-state index in [1.54, 1.807) is 0 Å². The van der Waals surface area contributed by atoms with Gasteiger partial charge >= 0.3 is 0 Å². The van der Waals surface area contributed by atoms with Crippen molar-refractivity contribution < 1.29 is 6.11 Å². The number of aromatic nitrogens is 4. The smallest absolute Gasteiger partial charge is 0.164 e. The lowest BCUT2D eigenvalue weighted by atomic mass is 10.1. The van der Waals surface area contributed by atoms with Crippen LogP contribution in [0.1, 0.15) is 20.3 Å². The molecule has 3 N–H and O–H groups in total. The van der Waals surface area contributed by atoms with Crippen molar-refractivity contribution in [3.05, 3.63) is 60.9 Å². The summed E-state index contributed by atoms with van der Waals surface area (Å²) in [5.41, 5.74) is 8.44. The average molecular weight is 424 g/mol. The maximum atomic E-state index is 7.90. The molecule has 8 heteroatoms. The highest BCUT2D eigenvalue weighted by molar-refractivity contribution is 5.98. The van der Waals surface area contributed by atoms with Gasteiger partial charge in [0, 0.05) is 12.1 Å². The highest BCUT2D eigenvalue weighted by Crippen LogP contribution is 2.34. The van der Waals surface area contributed by atoms with Crippen molar-refractivity contribution >= 4 is 29.3 Å². The molecule has 3 heterocycles. The summed E-state index contributed by atoms with van der Waals surface area (Å²) in [6.07, 6.45) is 1.98. The lowest BCUT2D eigenvalue weighted by Gasteiger charge is -2.23. The third-order valence-corrected chi connectivity index (χ3v) is 5.19. The SMILES string of the molecule is Cl.[2H]c1nc(N)c2c(-c3ccc(Oc4ccccc4)cc3)nn([C@@H]3CCCNC3)c2n1. The second-order valence-electron chi connectivity index (χ2n) is 7.14. The van der Waals surface area contributed by atoms with Crippen LogP contribution in [0.5, 0.6) is 11.5 Å². The number of benzene rings is 2. The third-order valence-electron chi connectivity index (χ3n) is 5.19. The molecule has 30 heavy (non-hydrogen) atoms. The van der Waals surface area contributed by atoms with E-state index in [-0.39, 0.29) is 30.6 Å². The van der Waals surface area contributed by atoms with Crippen molar-refractivity contribution in [2.75, 3.05) is 18.8 Å². The minimum Gasteiger partial charge on any atom is -0.457 e. The molecular weight excluding hydrogens is 400 g/mol. The van der Waals surface area contributed by atoms with Crippen molar-refractivity contribution in [3.63, 3.8) is 0 Å². The Labute approximate surface area is 182 Å². The molecule has 0 bridgehead atoms. The predicted molar refractivity (Wildman–Crippen MR) is 120 cm³/mol. The van der Waals surface area contributed by atoms with Crippen molar-refractivity contribution in [2.24, 2.45) is 0 Å². The zero-order valence-corrected chi connectivity index (χ0v) is 17.1. The predicted octanol–water partition coefficient (Wildman–Crippen LogP) is 4.21. The number of ether oxygens (including phenoxy) is 1. The number of hydrogen-bond acceptors (Lipinski definition) is 6. The number of hydrogen-bond donors (Lipinski definition) is 2.